The van der Waals surface area contributed by atoms with Crippen LogP contribution in [0.5, 0.6) is 0 Å². The molecule has 0 bridgehead atoms. The molecule has 1 saturated heterocycles. The molecule has 6 heteroatoms. The maximum absolute atomic E-state index is 12.2. The van der Waals surface area contributed by atoms with Gasteiger partial charge >= 0.3 is 12.2 Å². The molecule has 0 spiro atoms. The summed E-state index contributed by atoms with van der Waals surface area (Å²) in [6, 6.07) is -0.769. The van der Waals surface area contributed by atoms with Crippen molar-refractivity contribution in [2.24, 2.45) is 11.7 Å². The molecular formula is C7H11F3N2O. The topological polar surface area (TPSA) is 46.3 Å². The lowest BCUT2D eigenvalue weighted by molar-refractivity contribution is -0.183. The molecule has 2 amide bonds. The number of nitrogens with two attached hydrogens (primary N) is 1. The lowest BCUT2D eigenvalue weighted by Gasteiger charge is -2.32. The average molecular weight is 196 g/mol. The van der Waals surface area contributed by atoms with Gasteiger partial charge in [0, 0.05) is 13.1 Å². The number of carbonyl (C=O) groups is 1. The van der Waals surface area contributed by atoms with Crippen molar-refractivity contribution in [3.63, 3.8) is 0 Å². The Hall–Kier alpha value is -0.940. The number of nitrogens with zero attached hydrogens (tertiary/aromatic N) is 1. The third kappa shape index (κ3) is 2.50. The Labute approximate surface area is 73.7 Å². The summed E-state index contributed by atoms with van der Waals surface area (Å²) < 4.78 is 36.6. The molecule has 76 valence electrons. The number of piperidine rings is 1. The van der Waals surface area contributed by atoms with Crippen molar-refractivity contribution in [2.75, 3.05) is 13.1 Å². The molecule has 0 aromatic carbocycles. The van der Waals surface area contributed by atoms with Gasteiger partial charge in [-0.1, -0.05) is 0 Å². The van der Waals surface area contributed by atoms with Crippen LogP contribution < -0.4 is 5.73 Å². The van der Waals surface area contributed by atoms with Crippen LogP contribution in [0.4, 0.5) is 18.0 Å². The van der Waals surface area contributed by atoms with Gasteiger partial charge in [-0.3, -0.25) is 0 Å². The number of alkyl halides is 3. The molecule has 13 heavy (non-hydrogen) atoms. The van der Waals surface area contributed by atoms with Crippen LogP contribution in [-0.4, -0.2) is 30.2 Å². The van der Waals surface area contributed by atoms with E-state index < -0.39 is 18.1 Å². The molecule has 0 saturated carbocycles. The summed E-state index contributed by atoms with van der Waals surface area (Å²) in [5.41, 5.74) is 4.89. The highest BCUT2D eigenvalue weighted by atomic mass is 19.4. The normalized spacial score (nSPS) is 24.5. The monoisotopic (exact) mass is 196 g/mol. The van der Waals surface area contributed by atoms with Gasteiger partial charge in [0.15, 0.2) is 0 Å². The smallest absolute Gasteiger partial charge is 0.351 e. The Morgan fingerprint density at radius 1 is 1.46 bits per heavy atom. The summed E-state index contributed by atoms with van der Waals surface area (Å²) in [5.74, 6) is -1.41. The summed E-state index contributed by atoms with van der Waals surface area (Å²) in [6.45, 7) is 0.0424. The van der Waals surface area contributed by atoms with Gasteiger partial charge in [0.05, 0.1) is 5.92 Å². The molecule has 1 rings (SSSR count). The Kier molecular flexibility index (Phi) is 2.68. The number of rotatable bonds is 0. The maximum atomic E-state index is 12.2. The molecule has 0 aliphatic carbocycles. The Bertz CT molecular complexity index is 204. The van der Waals surface area contributed by atoms with Crippen LogP contribution in [0, 0.1) is 5.92 Å². The van der Waals surface area contributed by atoms with E-state index in [0.717, 1.165) is 4.90 Å². The van der Waals surface area contributed by atoms with Gasteiger partial charge in [-0.05, 0) is 12.8 Å². The summed E-state index contributed by atoms with van der Waals surface area (Å²) in [4.78, 5) is 11.7. The number of likely N-dealkylation sites (tertiary alicyclic amines) is 1. The zero-order valence-corrected chi connectivity index (χ0v) is 6.97. The van der Waals surface area contributed by atoms with Crippen LogP contribution >= 0.6 is 0 Å². The second kappa shape index (κ2) is 3.43. The van der Waals surface area contributed by atoms with E-state index in [1.54, 1.807) is 0 Å². The predicted octanol–water partition coefficient (Wildman–Crippen LogP) is 1.34. The summed E-state index contributed by atoms with van der Waals surface area (Å²) >= 11 is 0. The molecule has 1 aliphatic rings. The quantitative estimate of drug-likeness (QED) is 0.624. The highest BCUT2D eigenvalue weighted by molar-refractivity contribution is 5.72. The summed E-state index contributed by atoms with van der Waals surface area (Å²) in [7, 11) is 0. The van der Waals surface area contributed by atoms with Gasteiger partial charge < -0.3 is 10.6 Å². The van der Waals surface area contributed by atoms with E-state index in [1.165, 1.54) is 0 Å². The second-order valence-corrected chi connectivity index (χ2v) is 3.17. The molecule has 2 N–H and O–H groups in total. The summed E-state index contributed by atoms with van der Waals surface area (Å²) in [6.07, 6.45) is -3.76. The van der Waals surface area contributed by atoms with Crippen LogP contribution in [0.25, 0.3) is 0 Å². The van der Waals surface area contributed by atoms with Crippen molar-refractivity contribution in [3.05, 3.63) is 0 Å². The second-order valence-electron chi connectivity index (χ2n) is 3.17. The SMILES string of the molecule is NC(=O)N1CCCC(C(F)(F)F)C1. The van der Waals surface area contributed by atoms with Gasteiger partial charge in [-0.2, -0.15) is 13.2 Å². The first-order valence-electron chi connectivity index (χ1n) is 4.02. The van der Waals surface area contributed by atoms with E-state index in [0.29, 0.717) is 13.0 Å². The van der Waals surface area contributed by atoms with E-state index in [2.05, 4.69) is 0 Å². The van der Waals surface area contributed by atoms with Crippen molar-refractivity contribution < 1.29 is 18.0 Å². The van der Waals surface area contributed by atoms with E-state index in [-0.39, 0.29) is 13.0 Å². The minimum absolute atomic E-state index is 0.0906. The number of amides is 2. The Balaban J connectivity index is 2.57. The van der Waals surface area contributed by atoms with Crippen molar-refractivity contribution in [3.8, 4) is 0 Å². The van der Waals surface area contributed by atoms with Gasteiger partial charge in [0.1, 0.15) is 0 Å². The number of primary amides is 1. The number of urea groups is 1. The van der Waals surface area contributed by atoms with E-state index >= 15 is 0 Å². The molecule has 3 nitrogen and oxygen atoms in total. The van der Waals surface area contributed by atoms with E-state index in [9.17, 15) is 18.0 Å². The largest absolute Gasteiger partial charge is 0.393 e. The predicted molar refractivity (Wildman–Crippen MR) is 39.9 cm³/mol. The first kappa shape index (κ1) is 10.1. The van der Waals surface area contributed by atoms with Crippen molar-refractivity contribution >= 4 is 6.03 Å². The molecule has 0 aromatic rings. The lowest BCUT2D eigenvalue weighted by atomic mass is 9.98. The molecule has 1 unspecified atom stereocenters. The standard InChI is InChI=1S/C7H11F3N2O/c8-7(9,10)5-2-1-3-12(4-5)6(11)13/h5H,1-4H2,(H2,11,13). The first-order valence-corrected chi connectivity index (χ1v) is 4.02. The fraction of sp³-hybridized carbons (Fsp3) is 0.857. The van der Waals surface area contributed by atoms with Crippen LogP contribution in [0.2, 0.25) is 0 Å². The maximum Gasteiger partial charge on any atom is 0.393 e. The third-order valence-corrected chi connectivity index (χ3v) is 2.20. The van der Waals surface area contributed by atoms with Crippen molar-refractivity contribution in [2.45, 2.75) is 19.0 Å². The zero-order valence-electron chi connectivity index (χ0n) is 6.97. The molecule has 0 radical (unpaired) electrons. The van der Waals surface area contributed by atoms with Gasteiger partial charge in [0.25, 0.3) is 0 Å². The van der Waals surface area contributed by atoms with Gasteiger partial charge in [0.2, 0.25) is 0 Å². The Morgan fingerprint density at radius 2 is 2.08 bits per heavy atom. The average Bonchev–Trinajstić information content (AvgIpc) is 2.03. The number of carbonyl (C=O) groups excluding carboxylic acids is 1. The van der Waals surface area contributed by atoms with Crippen LogP contribution in [0.1, 0.15) is 12.8 Å². The molecule has 1 fully saturated rings. The van der Waals surface area contributed by atoms with Crippen LogP contribution in [0.15, 0.2) is 0 Å². The Morgan fingerprint density at radius 3 is 2.54 bits per heavy atom. The number of hydrogen-bond donors (Lipinski definition) is 1. The zero-order chi connectivity index (χ0) is 10.1. The van der Waals surface area contributed by atoms with E-state index in [1.807, 2.05) is 0 Å². The number of halogens is 3. The van der Waals surface area contributed by atoms with Gasteiger partial charge in [-0.15, -0.1) is 0 Å². The van der Waals surface area contributed by atoms with Crippen LogP contribution in [0.3, 0.4) is 0 Å². The van der Waals surface area contributed by atoms with Gasteiger partial charge in [-0.25, -0.2) is 4.79 Å². The highest BCUT2D eigenvalue weighted by Crippen LogP contribution is 2.32. The molecule has 0 aromatic heterocycles. The highest BCUT2D eigenvalue weighted by Gasteiger charge is 2.42. The fourth-order valence-electron chi connectivity index (χ4n) is 1.44. The lowest BCUT2D eigenvalue weighted by Crippen LogP contribution is -2.46. The molecule has 1 aliphatic heterocycles. The molecule has 1 heterocycles. The fourth-order valence-corrected chi connectivity index (χ4v) is 1.44. The number of hydrogen-bond acceptors (Lipinski definition) is 1. The first-order chi connectivity index (χ1) is 5.91. The minimum atomic E-state index is -4.21. The minimum Gasteiger partial charge on any atom is -0.351 e. The van der Waals surface area contributed by atoms with E-state index in [4.69, 9.17) is 5.73 Å². The van der Waals surface area contributed by atoms with Crippen molar-refractivity contribution in [1.29, 1.82) is 0 Å². The third-order valence-electron chi connectivity index (χ3n) is 2.20. The molecule has 1 atom stereocenters. The van der Waals surface area contributed by atoms with Crippen molar-refractivity contribution in [1.82, 2.24) is 4.90 Å². The molecular weight excluding hydrogens is 185 g/mol. The van der Waals surface area contributed by atoms with Crippen LogP contribution in [-0.2, 0) is 0 Å². The summed E-state index contributed by atoms with van der Waals surface area (Å²) in [5, 5.41) is 0.